The summed E-state index contributed by atoms with van der Waals surface area (Å²) < 4.78 is 5.23. The summed E-state index contributed by atoms with van der Waals surface area (Å²) in [7, 11) is 0. The SMILES string of the molecule is Cc1nc(C(=O)N2[C@H](CN)C[C@@H]3C[C@@H]32)c(-c2cccc(Cl)c2Cl)s1.O=C(O)c1cccc2c1CCO2. The minimum absolute atomic E-state index is 0.0363. The number of benzene rings is 2. The second kappa shape index (κ2) is 10.0. The average molecular weight is 546 g/mol. The molecule has 1 saturated carbocycles. The summed E-state index contributed by atoms with van der Waals surface area (Å²) in [6, 6.07) is 11.0. The molecule has 2 aliphatic heterocycles. The van der Waals surface area contributed by atoms with Crippen LogP contribution in [-0.4, -0.2) is 52.1 Å². The van der Waals surface area contributed by atoms with Crippen molar-refractivity contribution in [3.05, 3.63) is 68.3 Å². The number of hydrogen-bond acceptors (Lipinski definition) is 6. The molecule has 36 heavy (non-hydrogen) atoms. The van der Waals surface area contributed by atoms with Gasteiger partial charge in [-0.2, -0.15) is 0 Å². The highest BCUT2D eigenvalue weighted by molar-refractivity contribution is 7.15. The van der Waals surface area contributed by atoms with E-state index in [-0.39, 0.29) is 11.9 Å². The number of aromatic nitrogens is 1. The zero-order chi connectivity index (χ0) is 25.6. The molecule has 0 radical (unpaired) electrons. The number of carbonyl (C=O) groups excluding carboxylic acids is 1. The highest BCUT2D eigenvalue weighted by Gasteiger charge is 2.54. The van der Waals surface area contributed by atoms with Gasteiger partial charge in [0, 0.05) is 36.2 Å². The van der Waals surface area contributed by atoms with E-state index < -0.39 is 5.97 Å². The van der Waals surface area contributed by atoms with Crippen LogP contribution in [0.4, 0.5) is 0 Å². The number of carboxylic acids is 1. The van der Waals surface area contributed by atoms with Crippen LogP contribution in [0.25, 0.3) is 10.4 Å². The molecule has 7 nitrogen and oxygen atoms in total. The normalized spacial score (nSPS) is 21.2. The van der Waals surface area contributed by atoms with Crippen LogP contribution < -0.4 is 10.5 Å². The number of hydrogen-bond donors (Lipinski definition) is 2. The van der Waals surface area contributed by atoms with Gasteiger partial charge < -0.3 is 20.5 Å². The number of nitrogens with two attached hydrogens (primary N) is 1. The number of fused-ring (bicyclic) bond motifs is 2. The Balaban J connectivity index is 0.000000186. The fraction of sp³-hybridized carbons (Fsp3) is 0.346. The van der Waals surface area contributed by atoms with Crippen molar-refractivity contribution < 1.29 is 19.4 Å². The van der Waals surface area contributed by atoms with Gasteiger partial charge in [-0.1, -0.05) is 41.4 Å². The summed E-state index contributed by atoms with van der Waals surface area (Å²) in [6.45, 7) is 2.99. The van der Waals surface area contributed by atoms with Crippen molar-refractivity contribution in [2.45, 2.75) is 38.3 Å². The Hall–Kier alpha value is -2.65. The minimum atomic E-state index is -0.877. The molecule has 1 amide bonds. The molecule has 10 heteroatoms. The molecule has 3 N–H and O–H groups in total. The average Bonchev–Trinajstić information content (AvgIpc) is 3.19. The number of halogens is 2. The summed E-state index contributed by atoms with van der Waals surface area (Å²) in [5, 5.41) is 10.6. The van der Waals surface area contributed by atoms with Gasteiger partial charge in [0.1, 0.15) is 11.4 Å². The Morgan fingerprint density at radius 1 is 1.22 bits per heavy atom. The predicted molar refractivity (Wildman–Crippen MR) is 140 cm³/mol. The largest absolute Gasteiger partial charge is 0.493 e. The number of amides is 1. The van der Waals surface area contributed by atoms with Crippen molar-refractivity contribution in [3.63, 3.8) is 0 Å². The van der Waals surface area contributed by atoms with E-state index in [9.17, 15) is 9.59 Å². The minimum Gasteiger partial charge on any atom is -0.493 e. The summed E-state index contributed by atoms with van der Waals surface area (Å²) >= 11 is 14.0. The Morgan fingerprint density at radius 2 is 2.00 bits per heavy atom. The zero-order valence-corrected chi connectivity index (χ0v) is 21.9. The lowest BCUT2D eigenvalue weighted by Crippen LogP contribution is -2.42. The van der Waals surface area contributed by atoms with Crippen LogP contribution in [0.5, 0.6) is 5.75 Å². The van der Waals surface area contributed by atoms with Crippen LogP contribution in [0.3, 0.4) is 0 Å². The highest BCUT2D eigenvalue weighted by Crippen LogP contribution is 2.49. The molecule has 3 heterocycles. The van der Waals surface area contributed by atoms with Crippen LogP contribution >= 0.6 is 34.5 Å². The number of aryl methyl sites for hydroxylation is 1. The third-order valence-electron chi connectivity index (χ3n) is 6.82. The third kappa shape index (κ3) is 4.59. The van der Waals surface area contributed by atoms with E-state index in [0.717, 1.165) is 39.6 Å². The van der Waals surface area contributed by atoms with Crippen molar-refractivity contribution in [1.82, 2.24) is 9.88 Å². The molecule has 0 bridgehead atoms. The van der Waals surface area contributed by atoms with Crippen LogP contribution in [-0.2, 0) is 6.42 Å². The van der Waals surface area contributed by atoms with Gasteiger partial charge in [0.2, 0.25) is 0 Å². The molecular weight excluding hydrogens is 521 g/mol. The van der Waals surface area contributed by atoms with Gasteiger partial charge in [-0.05, 0) is 43.9 Å². The fourth-order valence-electron chi connectivity index (χ4n) is 5.06. The number of piperidine rings is 1. The van der Waals surface area contributed by atoms with E-state index in [1.54, 1.807) is 24.3 Å². The quantitative estimate of drug-likeness (QED) is 0.460. The first-order chi connectivity index (χ1) is 17.3. The molecule has 3 aliphatic rings. The predicted octanol–water partition coefficient (Wildman–Crippen LogP) is 5.31. The number of likely N-dealkylation sites (tertiary alicyclic amines) is 1. The van der Waals surface area contributed by atoms with Crippen molar-refractivity contribution in [2.24, 2.45) is 11.7 Å². The summed E-state index contributed by atoms with van der Waals surface area (Å²) in [6.07, 6.45) is 2.79. The number of nitrogens with zero attached hydrogens (tertiary/aromatic N) is 2. The van der Waals surface area contributed by atoms with E-state index >= 15 is 0 Å². The Morgan fingerprint density at radius 3 is 2.75 bits per heavy atom. The molecule has 0 unspecified atom stereocenters. The van der Waals surface area contributed by atoms with Gasteiger partial charge in [0.05, 0.1) is 32.1 Å². The molecule has 1 saturated heterocycles. The van der Waals surface area contributed by atoms with E-state index in [1.807, 2.05) is 24.0 Å². The van der Waals surface area contributed by atoms with Crippen LogP contribution in [0.1, 0.15) is 44.3 Å². The maximum absolute atomic E-state index is 13.2. The smallest absolute Gasteiger partial charge is 0.336 e. The highest BCUT2D eigenvalue weighted by atomic mass is 35.5. The number of thiazole rings is 1. The number of rotatable bonds is 4. The first-order valence-electron chi connectivity index (χ1n) is 11.7. The van der Waals surface area contributed by atoms with Gasteiger partial charge in [0.25, 0.3) is 5.91 Å². The lowest BCUT2D eigenvalue weighted by atomic mass is 10.1. The first-order valence-corrected chi connectivity index (χ1v) is 13.3. The summed E-state index contributed by atoms with van der Waals surface area (Å²) in [5.74, 6) is 0.415. The first kappa shape index (κ1) is 25.0. The number of carboxylic acid groups (broad SMARTS) is 1. The topological polar surface area (TPSA) is 106 Å². The molecule has 0 spiro atoms. The Kier molecular flexibility index (Phi) is 6.96. The molecular formula is C26H25Cl2N3O4S. The van der Waals surface area contributed by atoms with Gasteiger partial charge in [-0.25, -0.2) is 9.78 Å². The summed E-state index contributed by atoms with van der Waals surface area (Å²) in [5.41, 5.74) is 8.28. The van der Waals surface area contributed by atoms with Gasteiger partial charge >= 0.3 is 5.97 Å². The molecule has 1 aromatic heterocycles. The van der Waals surface area contributed by atoms with Crippen LogP contribution in [0, 0.1) is 12.8 Å². The van der Waals surface area contributed by atoms with E-state index in [2.05, 4.69) is 4.98 Å². The molecule has 3 atom stereocenters. The lowest BCUT2D eigenvalue weighted by molar-refractivity contribution is 0.0689. The fourth-order valence-corrected chi connectivity index (χ4v) is 6.46. The molecule has 3 aromatic rings. The number of ether oxygens (including phenoxy) is 1. The number of aromatic carboxylic acids is 1. The van der Waals surface area contributed by atoms with Gasteiger partial charge in [0.15, 0.2) is 0 Å². The van der Waals surface area contributed by atoms with Gasteiger partial charge in [-0.15, -0.1) is 11.3 Å². The maximum Gasteiger partial charge on any atom is 0.336 e. The standard InChI is InChI=1S/C17H17Cl2N3OS.C9H8O3/c1-8-21-15(16(24-8)11-3-2-4-12(18)14(11)19)17(23)22-10(7-20)5-9-6-13(9)22;10-9(11)7-2-1-3-8-6(7)4-5-12-8/h2-4,9-10,13H,5-7,20H2,1H3;1-3H,4-5H2,(H,10,11)/t9-,10+,13+;/m1./s1. The lowest BCUT2D eigenvalue weighted by Gasteiger charge is -2.26. The van der Waals surface area contributed by atoms with Crippen molar-refractivity contribution >= 4 is 46.4 Å². The molecule has 2 aromatic carbocycles. The molecule has 188 valence electrons. The molecule has 1 aliphatic carbocycles. The van der Waals surface area contributed by atoms with Crippen molar-refractivity contribution in [2.75, 3.05) is 13.2 Å². The summed E-state index contributed by atoms with van der Waals surface area (Å²) in [4.78, 5) is 31.1. The number of carbonyl (C=O) groups is 2. The van der Waals surface area contributed by atoms with E-state index in [0.29, 0.717) is 52.8 Å². The second-order valence-electron chi connectivity index (χ2n) is 9.10. The zero-order valence-electron chi connectivity index (χ0n) is 19.5. The van der Waals surface area contributed by atoms with Crippen LogP contribution in [0.15, 0.2) is 36.4 Å². The van der Waals surface area contributed by atoms with Crippen molar-refractivity contribution in [3.8, 4) is 16.2 Å². The monoisotopic (exact) mass is 545 g/mol. The molecule has 6 rings (SSSR count). The maximum atomic E-state index is 13.2. The van der Waals surface area contributed by atoms with E-state index in [1.165, 1.54) is 11.3 Å². The third-order valence-corrected chi connectivity index (χ3v) is 8.65. The van der Waals surface area contributed by atoms with E-state index in [4.69, 9.17) is 38.8 Å². The van der Waals surface area contributed by atoms with Crippen LogP contribution in [0.2, 0.25) is 10.0 Å². The van der Waals surface area contributed by atoms with Gasteiger partial charge in [-0.3, -0.25) is 4.79 Å². The molecule has 2 fully saturated rings. The second-order valence-corrected chi connectivity index (χ2v) is 11.1. The Labute approximate surface area is 222 Å². The Bertz CT molecular complexity index is 1340. The van der Waals surface area contributed by atoms with Crippen molar-refractivity contribution in [1.29, 1.82) is 0 Å².